The second kappa shape index (κ2) is 8.32. The van der Waals surface area contributed by atoms with Gasteiger partial charge in [-0.25, -0.2) is 9.07 Å². The number of benzene rings is 1. The van der Waals surface area contributed by atoms with Crippen molar-refractivity contribution in [2.75, 3.05) is 13.2 Å². The Morgan fingerprint density at radius 3 is 2.69 bits per heavy atom. The van der Waals surface area contributed by atoms with Gasteiger partial charge in [0.1, 0.15) is 5.82 Å². The Kier molecular flexibility index (Phi) is 5.23. The maximum Gasteiger partial charge on any atom is 0.179 e. The number of aromatic nitrogens is 2. The number of hydrogen-bond acceptors (Lipinski definition) is 6. The van der Waals surface area contributed by atoms with E-state index >= 15 is 0 Å². The van der Waals surface area contributed by atoms with E-state index in [-0.39, 0.29) is 17.0 Å². The maximum atomic E-state index is 13.2. The Hall–Kier alpha value is -3.49. The summed E-state index contributed by atoms with van der Waals surface area (Å²) in [7, 11) is 0. The van der Waals surface area contributed by atoms with Gasteiger partial charge in [-0.15, -0.1) is 0 Å². The molecule has 1 saturated carbocycles. The van der Waals surface area contributed by atoms with Gasteiger partial charge < -0.3 is 9.47 Å². The van der Waals surface area contributed by atoms with Crippen molar-refractivity contribution in [3.63, 3.8) is 0 Å². The number of carbonyl (C=O) groups excluding carboxylic acids is 1. The molecule has 3 aliphatic carbocycles. The number of ether oxygens (including phenoxy) is 2. The Bertz CT molecular complexity index is 1340. The summed E-state index contributed by atoms with van der Waals surface area (Å²) in [4.78, 5) is 10.7. The molecule has 0 bridgehead atoms. The van der Waals surface area contributed by atoms with Crippen LogP contribution < -0.4 is 0 Å². The number of ketones is 1. The van der Waals surface area contributed by atoms with Gasteiger partial charge in [-0.3, -0.25) is 4.79 Å². The molecule has 1 aromatic heterocycles. The van der Waals surface area contributed by atoms with Gasteiger partial charge in [0, 0.05) is 17.4 Å². The molecule has 0 unspecified atom stereocenters. The van der Waals surface area contributed by atoms with Crippen LogP contribution in [0, 0.1) is 11.2 Å². The third-order valence-electron chi connectivity index (χ3n) is 7.43. The van der Waals surface area contributed by atoms with E-state index in [9.17, 15) is 9.18 Å². The van der Waals surface area contributed by atoms with Gasteiger partial charge in [-0.05, 0) is 73.4 Å². The van der Waals surface area contributed by atoms with Crippen molar-refractivity contribution >= 4 is 23.8 Å². The third kappa shape index (κ3) is 3.64. The molecule has 35 heavy (non-hydrogen) atoms. The zero-order valence-corrected chi connectivity index (χ0v) is 19.4. The highest BCUT2D eigenvalue weighted by Gasteiger charge is 2.57. The number of fused-ring (bicyclic) bond motifs is 4. The molecule has 1 spiro atoms. The van der Waals surface area contributed by atoms with Gasteiger partial charge in [0.2, 0.25) is 0 Å². The summed E-state index contributed by atoms with van der Waals surface area (Å²) in [6, 6.07) is 6.47. The zero-order valence-electron chi connectivity index (χ0n) is 19.4. The molecule has 1 saturated heterocycles. The molecule has 7 rings (SSSR count). The first-order chi connectivity index (χ1) is 17.0. The van der Waals surface area contributed by atoms with E-state index in [1.807, 2.05) is 10.9 Å². The van der Waals surface area contributed by atoms with Crippen LogP contribution in [0.25, 0.3) is 11.8 Å². The van der Waals surface area contributed by atoms with Crippen molar-refractivity contribution in [1.82, 2.24) is 9.78 Å². The molecule has 2 aliphatic heterocycles. The summed E-state index contributed by atoms with van der Waals surface area (Å²) >= 11 is 0. The normalized spacial score (nSPS) is 25.2. The van der Waals surface area contributed by atoms with Crippen molar-refractivity contribution in [2.45, 2.75) is 38.4 Å². The molecule has 8 heteroatoms. The van der Waals surface area contributed by atoms with Crippen LogP contribution in [0.3, 0.4) is 0 Å². The van der Waals surface area contributed by atoms with E-state index in [0.29, 0.717) is 13.2 Å². The topological polar surface area (TPSA) is 78.1 Å². The van der Waals surface area contributed by atoms with Crippen LogP contribution in [0.1, 0.15) is 37.4 Å². The lowest BCUT2D eigenvalue weighted by molar-refractivity contribution is -0.234. The molecule has 0 amide bonds. The van der Waals surface area contributed by atoms with Crippen LogP contribution in [0.2, 0.25) is 0 Å². The monoisotopic (exact) mass is 472 g/mol. The zero-order chi connectivity index (χ0) is 24.0. The molecule has 1 atom stereocenters. The van der Waals surface area contributed by atoms with E-state index in [1.54, 1.807) is 24.4 Å². The van der Waals surface area contributed by atoms with Gasteiger partial charge in [0.25, 0.3) is 0 Å². The first-order valence-electron chi connectivity index (χ1n) is 11.8. The predicted molar refractivity (Wildman–Crippen MR) is 130 cm³/mol. The number of nitrogens with zero attached hydrogens (tertiary/aromatic N) is 4. The van der Waals surface area contributed by atoms with E-state index in [4.69, 9.17) is 9.47 Å². The molecule has 7 nitrogen and oxygen atoms in total. The quantitative estimate of drug-likeness (QED) is 0.578. The molecule has 178 valence electrons. The van der Waals surface area contributed by atoms with Crippen molar-refractivity contribution in [1.29, 1.82) is 0 Å². The molecule has 2 fully saturated rings. The standard InChI is InChI=1S/C20H21FN2O2.C7H4N2O/c1-19-12-14-13-22-23(17-6-4-16(21)5-7-17)18(14)11-15(19)3-2-8-20(19)24-9-10-25-20;10-6-1-2-7-5(3-6)4-8-9-7/h4-7,11,13H,2-3,8-10,12H2,1H3;1-4H/t19-;/m0./s1. The van der Waals surface area contributed by atoms with Crippen LogP contribution in [0.5, 0.6) is 0 Å². The Balaban J connectivity index is 0.000000191. The lowest BCUT2D eigenvalue weighted by Crippen LogP contribution is -2.53. The lowest BCUT2D eigenvalue weighted by Gasteiger charge is -2.50. The van der Waals surface area contributed by atoms with Gasteiger partial charge >= 0.3 is 0 Å². The Morgan fingerprint density at radius 2 is 1.89 bits per heavy atom. The lowest BCUT2D eigenvalue weighted by atomic mass is 9.62. The molecule has 1 aromatic carbocycles. The fourth-order valence-corrected chi connectivity index (χ4v) is 5.60. The number of rotatable bonds is 1. The smallest absolute Gasteiger partial charge is 0.179 e. The average Bonchev–Trinajstić information content (AvgIpc) is 3.60. The second-order valence-corrected chi connectivity index (χ2v) is 9.49. The molecule has 5 aliphatic rings. The largest absolute Gasteiger partial charge is 0.347 e. The predicted octanol–water partition coefficient (Wildman–Crippen LogP) is 4.38. The molecule has 2 aromatic rings. The van der Waals surface area contributed by atoms with E-state index < -0.39 is 5.79 Å². The summed E-state index contributed by atoms with van der Waals surface area (Å²) in [5.74, 6) is -0.727. The number of hydrogen-bond donors (Lipinski definition) is 0. The molecular formula is C27H25FN4O3. The van der Waals surface area contributed by atoms with Crippen molar-refractivity contribution in [3.05, 3.63) is 76.9 Å². The fourth-order valence-electron chi connectivity index (χ4n) is 5.60. The highest BCUT2D eigenvalue weighted by Crippen LogP contribution is 2.56. The third-order valence-corrected chi connectivity index (χ3v) is 7.43. The minimum Gasteiger partial charge on any atom is -0.347 e. The number of carbonyl (C=O) groups is 1. The van der Waals surface area contributed by atoms with E-state index in [0.717, 1.165) is 48.3 Å². The number of allylic oxidation sites excluding steroid dienone is 4. The van der Waals surface area contributed by atoms with Crippen LogP contribution >= 0.6 is 0 Å². The first kappa shape index (κ1) is 22.0. The number of halogens is 1. The second-order valence-electron chi connectivity index (χ2n) is 9.49. The molecule has 3 heterocycles. The van der Waals surface area contributed by atoms with Crippen LogP contribution in [0.15, 0.2) is 70.0 Å². The summed E-state index contributed by atoms with van der Waals surface area (Å²) in [5, 5.41) is 12.0. The molecular weight excluding hydrogens is 447 g/mol. The van der Waals surface area contributed by atoms with Gasteiger partial charge in [-0.2, -0.15) is 15.3 Å². The maximum absolute atomic E-state index is 13.2. The van der Waals surface area contributed by atoms with Crippen molar-refractivity contribution in [3.8, 4) is 5.69 Å². The van der Waals surface area contributed by atoms with Gasteiger partial charge in [0.15, 0.2) is 11.6 Å². The molecule has 0 radical (unpaired) electrons. The van der Waals surface area contributed by atoms with Crippen LogP contribution in [-0.2, 0) is 20.7 Å². The van der Waals surface area contributed by atoms with Crippen molar-refractivity contribution in [2.24, 2.45) is 15.6 Å². The van der Waals surface area contributed by atoms with Gasteiger partial charge in [0.05, 0.1) is 42.7 Å². The molecule has 0 N–H and O–H groups in total. The highest BCUT2D eigenvalue weighted by molar-refractivity contribution is 6.30. The van der Waals surface area contributed by atoms with Crippen LogP contribution in [-0.4, -0.2) is 46.5 Å². The summed E-state index contributed by atoms with van der Waals surface area (Å²) in [5.41, 5.74) is 5.97. The minimum atomic E-state index is -0.493. The first-order valence-corrected chi connectivity index (χ1v) is 11.8. The van der Waals surface area contributed by atoms with E-state index in [1.165, 1.54) is 35.4 Å². The van der Waals surface area contributed by atoms with Crippen molar-refractivity contribution < 1.29 is 18.7 Å². The fraction of sp³-hybridized carbons (Fsp3) is 0.333. The average molecular weight is 473 g/mol. The Morgan fingerprint density at radius 1 is 1.09 bits per heavy atom. The van der Waals surface area contributed by atoms with E-state index in [2.05, 4.69) is 28.3 Å². The SMILES string of the molecule is C[C@]12Cc3cnn(-c4ccc(F)cc4)c3C=C1CCCC21OCCO1.O=C1C=CC2=NN=CC2=C1. The summed E-state index contributed by atoms with van der Waals surface area (Å²) in [6.07, 6.45) is 14.4. The Labute approximate surface area is 202 Å². The summed E-state index contributed by atoms with van der Waals surface area (Å²) in [6.45, 7) is 3.61. The minimum absolute atomic E-state index is 0.00213. The van der Waals surface area contributed by atoms with Gasteiger partial charge in [-0.1, -0.05) is 12.5 Å². The highest BCUT2D eigenvalue weighted by atomic mass is 19.1. The van der Waals surface area contributed by atoms with Crippen LogP contribution in [0.4, 0.5) is 4.39 Å². The summed E-state index contributed by atoms with van der Waals surface area (Å²) < 4.78 is 27.4.